The molecule has 0 bridgehead atoms. The van der Waals surface area contributed by atoms with Gasteiger partial charge in [-0.05, 0) is 29.7 Å². The molecule has 0 saturated carbocycles. The molecule has 30 heavy (non-hydrogen) atoms. The SMILES string of the molecule is Cn1c(=O)n(CC(C)(C)C)c2ccc(-c3cncc(Oc4cccnc4N)n3)cc21. The second-order valence-corrected chi connectivity index (χ2v) is 8.42. The summed E-state index contributed by atoms with van der Waals surface area (Å²) < 4.78 is 9.22. The summed E-state index contributed by atoms with van der Waals surface area (Å²) in [5, 5.41) is 0. The predicted octanol–water partition coefficient (Wildman–Crippen LogP) is 3.61. The lowest BCUT2D eigenvalue weighted by atomic mass is 9.97. The minimum absolute atomic E-state index is 0.0118. The van der Waals surface area contributed by atoms with Gasteiger partial charge in [-0.15, -0.1) is 0 Å². The molecule has 0 saturated heterocycles. The molecule has 0 fully saturated rings. The van der Waals surface area contributed by atoms with Gasteiger partial charge >= 0.3 is 5.69 Å². The summed E-state index contributed by atoms with van der Waals surface area (Å²) in [6, 6.07) is 9.29. The number of aryl methyl sites for hydroxylation is 1. The first kappa shape index (κ1) is 19.6. The molecule has 8 heteroatoms. The number of hydrogen-bond donors (Lipinski definition) is 1. The van der Waals surface area contributed by atoms with Crippen molar-refractivity contribution in [2.75, 3.05) is 5.73 Å². The summed E-state index contributed by atoms with van der Waals surface area (Å²) in [5.41, 5.74) is 8.99. The zero-order valence-corrected chi connectivity index (χ0v) is 17.5. The lowest BCUT2D eigenvalue weighted by molar-refractivity contribution is 0.342. The van der Waals surface area contributed by atoms with Crippen molar-refractivity contribution in [3.63, 3.8) is 0 Å². The molecule has 0 aliphatic heterocycles. The van der Waals surface area contributed by atoms with Crippen molar-refractivity contribution < 1.29 is 4.74 Å². The molecule has 3 aromatic heterocycles. The van der Waals surface area contributed by atoms with Gasteiger partial charge in [-0.1, -0.05) is 26.8 Å². The molecular weight excluding hydrogens is 380 g/mol. The normalized spacial score (nSPS) is 11.7. The van der Waals surface area contributed by atoms with Gasteiger partial charge in [0.2, 0.25) is 5.88 Å². The van der Waals surface area contributed by atoms with Crippen LogP contribution in [0.3, 0.4) is 0 Å². The summed E-state index contributed by atoms with van der Waals surface area (Å²) in [5.74, 6) is 1.01. The second-order valence-electron chi connectivity index (χ2n) is 8.42. The number of pyridine rings is 1. The van der Waals surface area contributed by atoms with E-state index < -0.39 is 0 Å². The van der Waals surface area contributed by atoms with Crippen molar-refractivity contribution in [3.05, 3.63) is 59.4 Å². The van der Waals surface area contributed by atoms with Crippen LogP contribution in [0.25, 0.3) is 22.3 Å². The van der Waals surface area contributed by atoms with Gasteiger partial charge < -0.3 is 10.5 Å². The Morgan fingerprint density at radius 2 is 1.93 bits per heavy atom. The molecular formula is C22H24N6O2. The van der Waals surface area contributed by atoms with Gasteiger partial charge in [-0.3, -0.25) is 14.1 Å². The van der Waals surface area contributed by atoms with Crippen molar-refractivity contribution in [2.24, 2.45) is 12.5 Å². The maximum absolute atomic E-state index is 12.8. The van der Waals surface area contributed by atoms with E-state index in [2.05, 4.69) is 35.7 Å². The van der Waals surface area contributed by atoms with Crippen LogP contribution in [0.4, 0.5) is 5.82 Å². The smallest absolute Gasteiger partial charge is 0.328 e. The number of anilines is 1. The molecule has 0 unspecified atom stereocenters. The minimum atomic E-state index is -0.0349. The largest absolute Gasteiger partial charge is 0.434 e. The van der Waals surface area contributed by atoms with E-state index in [1.165, 1.54) is 6.20 Å². The van der Waals surface area contributed by atoms with E-state index in [9.17, 15) is 4.79 Å². The summed E-state index contributed by atoms with van der Waals surface area (Å²) in [4.78, 5) is 25.5. The molecule has 8 nitrogen and oxygen atoms in total. The standard InChI is InChI=1S/C22H24N6O2/c1-22(2,3)13-28-16-8-7-14(10-17(16)27(4)21(28)29)15-11-24-12-19(26-15)30-18-6-5-9-25-20(18)23/h5-12H,13H2,1-4H3,(H2,23,25). The number of imidazole rings is 1. The molecule has 3 heterocycles. The average Bonchev–Trinajstić information content (AvgIpc) is 2.93. The first-order chi connectivity index (χ1) is 14.2. The number of rotatable bonds is 4. The van der Waals surface area contributed by atoms with Crippen LogP contribution >= 0.6 is 0 Å². The van der Waals surface area contributed by atoms with E-state index in [0.717, 1.165) is 16.6 Å². The highest BCUT2D eigenvalue weighted by molar-refractivity contribution is 5.82. The first-order valence-corrected chi connectivity index (χ1v) is 9.63. The Labute approximate surface area is 174 Å². The van der Waals surface area contributed by atoms with Gasteiger partial charge in [-0.25, -0.2) is 14.8 Å². The maximum Gasteiger partial charge on any atom is 0.328 e. The Bertz CT molecular complexity index is 1280. The van der Waals surface area contributed by atoms with Gasteiger partial charge in [0.1, 0.15) is 0 Å². The van der Waals surface area contributed by atoms with Crippen molar-refractivity contribution in [3.8, 4) is 22.9 Å². The summed E-state index contributed by atoms with van der Waals surface area (Å²) >= 11 is 0. The number of hydrogen-bond acceptors (Lipinski definition) is 6. The number of aromatic nitrogens is 5. The topological polar surface area (TPSA) is 101 Å². The molecule has 0 spiro atoms. The van der Waals surface area contributed by atoms with Crippen molar-refractivity contribution in [1.82, 2.24) is 24.1 Å². The molecule has 0 atom stereocenters. The summed E-state index contributed by atoms with van der Waals surface area (Å²) in [6.45, 7) is 6.98. The molecule has 4 rings (SSSR count). The second kappa shape index (κ2) is 7.29. The van der Waals surface area contributed by atoms with Crippen LogP contribution in [0.1, 0.15) is 20.8 Å². The zero-order valence-electron chi connectivity index (χ0n) is 17.5. The minimum Gasteiger partial charge on any atom is -0.434 e. The van der Waals surface area contributed by atoms with E-state index in [4.69, 9.17) is 10.5 Å². The fraction of sp³-hybridized carbons (Fsp3) is 0.273. The average molecular weight is 404 g/mol. The Balaban J connectivity index is 1.73. The molecule has 2 N–H and O–H groups in total. The quantitative estimate of drug-likeness (QED) is 0.558. The zero-order chi connectivity index (χ0) is 21.5. The molecule has 0 radical (unpaired) electrons. The number of fused-ring (bicyclic) bond motifs is 1. The van der Waals surface area contributed by atoms with Crippen LogP contribution in [-0.4, -0.2) is 24.1 Å². The van der Waals surface area contributed by atoms with Crippen LogP contribution in [0, 0.1) is 5.41 Å². The lowest BCUT2D eigenvalue weighted by Gasteiger charge is -2.18. The molecule has 0 aliphatic rings. The van der Waals surface area contributed by atoms with E-state index >= 15 is 0 Å². The monoisotopic (exact) mass is 404 g/mol. The van der Waals surface area contributed by atoms with Gasteiger partial charge in [0.25, 0.3) is 0 Å². The van der Waals surface area contributed by atoms with Crippen LogP contribution in [0.15, 0.2) is 53.7 Å². The maximum atomic E-state index is 12.8. The third kappa shape index (κ3) is 3.76. The van der Waals surface area contributed by atoms with Gasteiger partial charge in [0.05, 0.1) is 29.1 Å². The third-order valence-electron chi connectivity index (χ3n) is 4.70. The lowest BCUT2D eigenvalue weighted by Crippen LogP contribution is -2.27. The Kier molecular flexibility index (Phi) is 4.77. The first-order valence-electron chi connectivity index (χ1n) is 9.63. The Hall–Kier alpha value is -3.68. The number of nitrogens with zero attached hydrogens (tertiary/aromatic N) is 5. The van der Waals surface area contributed by atoms with Crippen LogP contribution in [0.2, 0.25) is 0 Å². The van der Waals surface area contributed by atoms with Crippen LogP contribution < -0.4 is 16.2 Å². The highest BCUT2D eigenvalue weighted by Crippen LogP contribution is 2.28. The molecule has 154 valence electrons. The number of benzene rings is 1. The van der Waals surface area contributed by atoms with E-state index in [0.29, 0.717) is 23.9 Å². The number of nitrogens with two attached hydrogens (primary N) is 1. The highest BCUT2D eigenvalue weighted by atomic mass is 16.5. The van der Waals surface area contributed by atoms with Gasteiger partial charge in [-0.2, -0.15) is 0 Å². The van der Waals surface area contributed by atoms with Gasteiger partial charge in [0.15, 0.2) is 11.6 Å². The summed E-state index contributed by atoms with van der Waals surface area (Å²) in [6.07, 6.45) is 4.77. The van der Waals surface area contributed by atoms with Gasteiger partial charge in [0, 0.05) is 25.4 Å². The van der Waals surface area contributed by atoms with E-state index in [1.807, 2.05) is 22.8 Å². The molecule has 0 aliphatic carbocycles. The molecule has 1 aromatic carbocycles. The number of ether oxygens (including phenoxy) is 1. The number of nitrogen functional groups attached to an aromatic ring is 1. The fourth-order valence-corrected chi connectivity index (χ4v) is 3.33. The van der Waals surface area contributed by atoms with Crippen LogP contribution in [0.5, 0.6) is 11.6 Å². The Morgan fingerprint density at radius 3 is 2.67 bits per heavy atom. The van der Waals surface area contributed by atoms with E-state index in [1.54, 1.807) is 36.1 Å². The van der Waals surface area contributed by atoms with Crippen molar-refractivity contribution in [1.29, 1.82) is 0 Å². The molecule has 4 aromatic rings. The van der Waals surface area contributed by atoms with E-state index in [-0.39, 0.29) is 16.9 Å². The summed E-state index contributed by atoms with van der Waals surface area (Å²) in [7, 11) is 1.78. The third-order valence-corrected chi connectivity index (χ3v) is 4.70. The van der Waals surface area contributed by atoms with Crippen molar-refractivity contribution >= 4 is 16.9 Å². The highest BCUT2D eigenvalue weighted by Gasteiger charge is 2.18. The fourth-order valence-electron chi connectivity index (χ4n) is 3.33. The van der Waals surface area contributed by atoms with Crippen molar-refractivity contribution in [2.45, 2.75) is 27.3 Å². The van der Waals surface area contributed by atoms with Crippen LogP contribution in [-0.2, 0) is 13.6 Å². The Morgan fingerprint density at radius 1 is 1.13 bits per heavy atom. The predicted molar refractivity (Wildman–Crippen MR) is 116 cm³/mol. The molecule has 0 amide bonds.